The molecule has 1 aliphatic rings. The number of aromatic nitrogens is 2. The van der Waals surface area contributed by atoms with Crippen molar-refractivity contribution in [2.24, 2.45) is 5.92 Å². The molecule has 0 radical (unpaired) electrons. The van der Waals surface area contributed by atoms with Gasteiger partial charge in [-0.2, -0.15) is 0 Å². The summed E-state index contributed by atoms with van der Waals surface area (Å²) in [6.07, 6.45) is 1.72. The molecule has 0 spiro atoms. The highest BCUT2D eigenvalue weighted by molar-refractivity contribution is 5.93. The zero-order valence-corrected chi connectivity index (χ0v) is 16.3. The monoisotopic (exact) mass is 390 g/mol. The summed E-state index contributed by atoms with van der Waals surface area (Å²) in [6, 6.07) is 17.9. The van der Waals surface area contributed by atoms with Crippen LogP contribution in [-0.2, 0) is 4.79 Å². The van der Waals surface area contributed by atoms with Gasteiger partial charge in [0, 0.05) is 24.3 Å². The number of benzene rings is 2. The van der Waals surface area contributed by atoms with E-state index in [2.05, 4.69) is 39.5 Å². The van der Waals surface area contributed by atoms with Crippen molar-refractivity contribution < 1.29 is 9.18 Å². The summed E-state index contributed by atoms with van der Waals surface area (Å²) in [7, 11) is 0. The average Bonchev–Trinajstić information content (AvgIpc) is 2.76. The third-order valence-corrected chi connectivity index (χ3v) is 5.23. The fraction of sp³-hybridized carbons (Fsp3) is 0.261. The molecule has 1 atom stereocenters. The fourth-order valence-electron chi connectivity index (χ4n) is 3.55. The van der Waals surface area contributed by atoms with Gasteiger partial charge in [0.15, 0.2) is 5.82 Å². The Kier molecular flexibility index (Phi) is 5.51. The number of carbonyl (C=O) groups is 1. The van der Waals surface area contributed by atoms with Crippen LogP contribution >= 0.6 is 0 Å². The summed E-state index contributed by atoms with van der Waals surface area (Å²) < 4.78 is 13.0. The summed E-state index contributed by atoms with van der Waals surface area (Å²) in [5.74, 6) is 0.262. The lowest BCUT2D eigenvalue weighted by Crippen LogP contribution is -2.41. The Morgan fingerprint density at radius 3 is 2.48 bits per heavy atom. The molecule has 0 unspecified atom stereocenters. The molecule has 2 aromatic carbocycles. The number of hydrogen-bond donors (Lipinski definition) is 1. The topological polar surface area (TPSA) is 58.1 Å². The summed E-state index contributed by atoms with van der Waals surface area (Å²) in [5.41, 5.74) is 3.67. The number of piperidine rings is 1. The molecule has 1 fully saturated rings. The van der Waals surface area contributed by atoms with Crippen molar-refractivity contribution in [3.8, 4) is 11.3 Å². The molecule has 1 saturated heterocycles. The van der Waals surface area contributed by atoms with Gasteiger partial charge in [0.25, 0.3) is 0 Å². The van der Waals surface area contributed by atoms with E-state index in [0.29, 0.717) is 12.2 Å². The summed E-state index contributed by atoms with van der Waals surface area (Å²) in [4.78, 5) is 14.7. The minimum absolute atomic E-state index is 0.0504. The highest BCUT2D eigenvalue weighted by Crippen LogP contribution is 2.24. The molecule has 0 saturated carbocycles. The number of nitrogens with one attached hydrogen (secondary N) is 1. The number of aryl methyl sites for hydroxylation is 1. The molecular formula is C23H23FN4O. The minimum atomic E-state index is -0.320. The van der Waals surface area contributed by atoms with Crippen molar-refractivity contribution in [3.63, 3.8) is 0 Å². The lowest BCUT2D eigenvalue weighted by atomic mass is 9.97. The van der Waals surface area contributed by atoms with Gasteiger partial charge in [-0.15, -0.1) is 10.2 Å². The molecule has 1 aromatic heterocycles. The minimum Gasteiger partial charge on any atom is -0.354 e. The third-order valence-electron chi connectivity index (χ3n) is 5.23. The lowest BCUT2D eigenvalue weighted by molar-refractivity contribution is -0.120. The smallest absolute Gasteiger partial charge is 0.229 e. The zero-order chi connectivity index (χ0) is 20.2. The number of hydrogen-bond acceptors (Lipinski definition) is 4. The summed E-state index contributed by atoms with van der Waals surface area (Å²) in [5, 5.41) is 11.6. The highest BCUT2D eigenvalue weighted by atomic mass is 19.1. The van der Waals surface area contributed by atoms with Gasteiger partial charge < -0.3 is 10.2 Å². The molecule has 2 heterocycles. The van der Waals surface area contributed by atoms with Gasteiger partial charge in [-0.3, -0.25) is 4.79 Å². The van der Waals surface area contributed by atoms with E-state index in [9.17, 15) is 9.18 Å². The van der Waals surface area contributed by atoms with Crippen molar-refractivity contribution in [2.75, 3.05) is 23.3 Å². The first-order valence-corrected chi connectivity index (χ1v) is 9.80. The van der Waals surface area contributed by atoms with Crippen LogP contribution in [-0.4, -0.2) is 29.2 Å². The van der Waals surface area contributed by atoms with E-state index in [-0.39, 0.29) is 17.6 Å². The molecule has 5 nitrogen and oxygen atoms in total. The molecule has 4 rings (SSSR count). The molecule has 3 aromatic rings. The van der Waals surface area contributed by atoms with Crippen molar-refractivity contribution >= 4 is 17.4 Å². The predicted molar refractivity (Wildman–Crippen MR) is 112 cm³/mol. The van der Waals surface area contributed by atoms with Crippen molar-refractivity contribution in [2.45, 2.75) is 19.8 Å². The quantitative estimate of drug-likeness (QED) is 0.715. The molecule has 1 aliphatic heterocycles. The Morgan fingerprint density at radius 2 is 1.79 bits per heavy atom. The largest absolute Gasteiger partial charge is 0.354 e. The van der Waals surface area contributed by atoms with E-state index in [4.69, 9.17) is 0 Å². The van der Waals surface area contributed by atoms with Crippen LogP contribution in [0.2, 0.25) is 0 Å². The zero-order valence-electron chi connectivity index (χ0n) is 16.3. The van der Waals surface area contributed by atoms with Gasteiger partial charge in [0.2, 0.25) is 5.91 Å². The first-order valence-electron chi connectivity index (χ1n) is 9.80. The maximum Gasteiger partial charge on any atom is 0.229 e. The molecular weight excluding hydrogens is 367 g/mol. The number of rotatable bonds is 4. The first kappa shape index (κ1) is 19.1. The second-order valence-corrected chi connectivity index (χ2v) is 7.42. The third kappa shape index (κ3) is 4.59. The summed E-state index contributed by atoms with van der Waals surface area (Å²) >= 11 is 0. The van der Waals surface area contributed by atoms with Crippen LogP contribution in [0.15, 0.2) is 60.7 Å². The Hall–Kier alpha value is -3.28. The van der Waals surface area contributed by atoms with E-state index in [1.165, 1.54) is 17.7 Å². The summed E-state index contributed by atoms with van der Waals surface area (Å²) in [6.45, 7) is 3.49. The number of carbonyl (C=O) groups excluding carboxylic acids is 1. The van der Waals surface area contributed by atoms with Crippen LogP contribution < -0.4 is 10.2 Å². The fourth-order valence-corrected chi connectivity index (χ4v) is 3.55. The molecule has 1 N–H and O–H groups in total. The van der Waals surface area contributed by atoms with Gasteiger partial charge in [-0.25, -0.2) is 4.39 Å². The van der Waals surface area contributed by atoms with Gasteiger partial charge >= 0.3 is 0 Å². The number of halogens is 1. The molecule has 6 heteroatoms. The van der Waals surface area contributed by atoms with Gasteiger partial charge in [-0.1, -0.05) is 29.8 Å². The van der Waals surface area contributed by atoms with Crippen molar-refractivity contribution in [3.05, 3.63) is 72.0 Å². The second-order valence-electron chi connectivity index (χ2n) is 7.42. The van der Waals surface area contributed by atoms with Crippen molar-refractivity contribution in [1.82, 2.24) is 10.2 Å². The van der Waals surface area contributed by atoms with Crippen LogP contribution in [0, 0.1) is 18.7 Å². The Labute approximate surface area is 169 Å². The van der Waals surface area contributed by atoms with E-state index < -0.39 is 0 Å². The number of amides is 1. The van der Waals surface area contributed by atoms with E-state index in [0.717, 1.165) is 36.5 Å². The van der Waals surface area contributed by atoms with Crippen LogP contribution in [0.4, 0.5) is 15.9 Å². The number of nitrogens with zero attached hydrogens (tertiary/aromatic N) is 3. The first-order chi connectivity index (χ1) is 14.1. The Morgan fingerprint density at radius 1 is 1.03 bits per heavy atom. The normalized spacial score (nSPS) is 16.5. The molecule has 148 valence electrons. The van der Waals surface area contributed by atoms with Crippen LogP contribution in [0.25, 0.3) is 11.3 Å². The number of anilines is 2. The van der Waals surface area contributed by atoms with Crippen LogP contribution in [0.1, 0.15) is 18.4 Å². The SMILES string of the molecule is Cc1ccc(-c2ccc(N3CCC[C@H](C(=O)Nc4ccc(F)cc4)C3)nn2)cc1. The van der Waals surface area contributed by atoms with Crippen molar-refractivity contribution in [1.29, 1.82) is 0 Å². The Balaban J connectivity index is 1.41. The van der Waals surface area contributed by atoms with E-state index in [1.54, 1.807) is 12.1 Å². The van der Waals surface area contributed by atoms with Gasteiger partial charge in [-0.05, 0) is 56.2 Å². The highest BCUT2D eigenvalue weighted by Gasteiger charge is 2.26. The average molecular weight is 390 g/mol. The van der Waals surface area contributed by atoms with Crippen LogP contribution in [0.3, 0.4) is 0 Å². The van der Waals surface area contributed by atoms with Crippen LogP contribution in [0.5, 0.6) is 0 Å². The van der Waals surface area contributed by atoms with E-state index in [1.807, 2.05) is 24.3 Å². The standard InChI is InChI=1S/C23H23FN4O/c1-16-4-6-17(7-5-16)21-12-13-22(27-26-21)28-14-2-3-18(15-28)23(29)25-20-10-8-19(24)9-11-20/h4-13,18H,2-3,14-15H2,1H3,(H,25,29)/t18-/m0/s1. The second kappa shape index (κ2) is 8.39. The predicted octanol–water partition coefficient (Wildman–Crippen LogP) is 4.45. The van der Waals surface area contributed by atoms with E-state index >= 15 is 0 Å². The maximum absolute atomic E-state index is 13.0. The lowest BCUT2D eigenvalue weighted by Gasteiger charge is -2.32. The Bertz CT molecular complexity index is 971. The molecule has 0 aliphatic carbocycles. The van der Waals surface area contributed by atoms with Gasteiger partial charge in [0.05, 0.1) is 11.6 Å². The molecule has 29 heavy (non-hydrogen) atoms. The van der Waals surface area contributed by atoms with Gasteiger partial charge in [0.1, 0.15) is 5.82 Å². The molecule has 0 bridgehead atoms. The maximum atomic E-state index is 13.0. The molecule has 1 amide bonds.